The van der Waals surface area contributed by atoms with E-state index < -0.39 is 0 Å². The van der Waals surface area contributed by atoms with Gasteiger partial charge in [0.05, 0.1) is 10.0 Å². The van der Waals surface area contributed by atoms with Crippen LogP contribution in [0.1, 0.15) is 12.5 Å². The molecule has 0 spiro atoms. The number of fused-ring (bicyclic) bond motifs is 3. The topological polar surface area (TPSA) is 32.7 Å². The Morgan fingerprint density at radius 1 is 0.935 bits per heavy atom. The molecule has 4 aromatic carbocycles. The standard InChI is InChI=1S/C26H25Cl2NO2/c1-4-18-21-15-22(27)26(30)25(28)24(21)20-14-17(31-13-12-29(2)3)10-11-19(20)23(18)16-8-6-5-7-9-16/h5-11,14-15,30H,4,12-13H2,1-3H3. The number of phenolic OH excluding ortho intramolecular Hbond substituents is 1. The van der Waals surface area contributed by atoms with Gasteiger partial charge in [0.25, 0.3) is 0 Å². The molecule has 0 bridgehead atoms. The largest absolute Gasteiger partial charge is 0.505 e. The maximum Gasteiger partial charge on any atom is 0.153 e. The van der Waals surface area contributed by atoms with Crippen molar-refractivity contribution in [3.05, 3.63) is 70.2 Å². The second-order valence-corrected chi connectivity index (χ2v) is 8.66. The molecular formula is C26H25Cl2NO2. The number of halogens is 2. The van der Waals surface area contributed by atoms with Crippen molar-refractivity contribution in [2.24, 2.45) is 0 Å². The maximum atomic E-state index is 10.5. The number of benzene rings is 4. The predicted molar refractivity (Wildman–Crippen MR) is 132 cm³/mol. The van der Waals surface area contributed by atoms with Crippen LogP contribution >= 0.6 is 23.2 Å². The fourth-order valence-corrected chi connectivity index (χ4v) is 4.65. The van der Waals surface area contributed by atoms with Gasteiger partial charge in [0.15, 0.2) is 5.75 Å². The molecule has 3 nitrogen and oxygen atoms in total. The van der Waals surface area contributed by atoms with E-state index in [4.69, 9.17) is 27.9 Å². The number of hydrogen-bond acceptors (Lipinski definition) is 3. The van der Waals surface area contributed by atoms with Crippen LogP contribution in [0.5, 0.6) is 11.5 Å². The fraction of sp³-hybridized carbons (Fsp3) is 0.231. The van der Waals surface area contributed by atoms with Crippen LogP contribution in [-0.2, 0) is 6.42 Å². The van der Waals surface area contributed by atoms with Gasteiger partial charge in [-0.3, -0.25) is 0 Å². The van der Waals surface area contributed by atoms with Gasteiger partial charge in [0.2, 0.25) is 0 Å². The van der Waals surface area contributed by atoms with Crippen LogP contribution in [0.25, 0.3) is 32.7 Å². The molecular weight excluding hydrogens is 429 g/mol. The summed E-state index contributed by atoms with van der Waals surface area (Å²) in [5.74, 6) is 0.676. The molecule has 0 aliphatic rings. The van der Waals surface area contributed by atoms with Gasteiger partial charge in [0.1, 0.15) is 12.4 Å². The summed E-state index contributed by atoms with van der Waals surface area (Å²) in [7, 11) is 4.03. The number of rotatable bonds is 6. The van der Waals surface area contributed by atoms with Gasteiger partial charge in [-0.15, -0.1) is 0 Å². The van der Waals surface area contributed by atoms with E-state index in [-0.39, 0.29) is 15.8 Å². The Morgan fingerprint density at radius 2 is 1.68 bits per heavy atom. The molecule has 5 heteroatoms. The Labute approximate surface area is 192 Å². The zero-order chi connectivity index (χ0) is 22.1. The minimum atomic E-state index is -0.0921. The van der Waals surface area contributed by atoms with E-state index in [0.29, 0.717) is 6.61 Å². The van der Waals surface area contributed by atoms with Gasteiger partial charge in [-0.05, 0) is 71.6 Å². The van der Waals surface area contributed by atoms with Crippen LogP contribution < -0.4 is 4.74 Å². The zero-order valence-electron chi connectivity index (χ0n) is 17.9. The third kappa shape index (κ3) is 4.06. The first-order chi connectivity index (χ1) is 14.9. The molecule has 0 saturated heterocycles. The number of nitrogens with zero attached hydrogens (tertiary/aromatic N) is 1. The van der Waals surface area contributed by atoms with Crippen LogP contribution in [0, 0.1) is 0 Å². The molecule has 0 aliphatic heterocycles. The second kappa shape index (κ2) is 8.96. The van der Waals surface area contributed by atoms with Crippen LogP contribution in [0.15, 0.2) is 54.6 Å². The maximum absolute atomic E-state index is 10.5. The second-order valence-electron chi connectivity index (χ2n) is 7.88. The average molecular weight is 454 g/mol. The Bertz CT molecular complexity index is 1250. The molecule has 0 amide bonds. The highest BCUT2D eigenvalue weighted by atomic mass is 35.5. The van der Waals surface area contributed by atoms with Crippen molar-refractivity contribution >= 4 is 44.7 Å². The summed E-state index contributed by atoms with van der Waals surface area (Å²) in [6.45, 7) is 3.53. The highest BCUT2D eigenvalue weighted by molar-refractivity contribution is 6.43. The number of hydrogen-bond donors (Lipinski definition) is 1. The van der Waals surface area contributed by atoms with E-state index in [0.717, 1.165) is 57.0 Å². The number of aryl methyl sites for hydroxylation is 1. The number of phenols is 1. The molecule has 160 valence electrons. The lowest BCUT2D eigenvalue weighted by Gasteiger charge is -2.20. The average Bonchev–Trinajstić information content (AvgIpc) is 2.76. The molecule has 0 unspecified atom stereocenters. The zero-order valence-corrected chi connectivity index (χ0v) is 19.4. The lowest BCUT2D eigenvalue weighted by atomic mass is 9.87. The fourth-order valence-electron chi connectivity index (χ4n) is 4.09. The van der Waals surface area contributed by atoms with Crippen molar-refractivity contribution in [3.63, 3.8) is 0 Å². The summed E-state index contributed by atoms with van der Waals surface area (Å²) in [6, 6.07) is 18.3. The highest BCUT2D eigenvalue weighted by Gasteiger charge is 2.20. The Hall–Kier alpha value is -2.46. The summed E-state index contributed by atoms with van der Waals surface area (Å²) >= 11 is 13.0. The summed E-state index contributed by atoms with van der Waals surface area (Å²) < 4.78 is 6.00. The van der Waals surface area contributed by atoms with E-state index in [2.05, 4.69) is 30.0 Å². The number of ether oxygens (including phenoxy) is 1. The van der Waals surface area contributed by atoms with Crippen LogP contribution in [-0.4, -0.2) is 37.3 Å². The molecule has 0 radical (unpaired) electrons. The first kappa shape index (κ1) is 21.8. The Morgan fingerprint density at radius 3 is 2.35 bits per heavy atom. The van der Waals surface area contributed by atoms with Crippen molar-refractivity contribution in [3.8, 4) is 22.6 Å². The van der Waals surface area contributed by atoms with Crippen LogP contribution in [0.3, 0.4) is 0 Å². The van der Waals surface area contributed by atoms with Crippen molar-refractivity contribution in [2.75, 3.05) is 27.2 Å². The lowest BCUT2D eigenvalue weighted by Crippen LogP contribution is -2.19. The molecule has 1 N–H and O–H groups in total. The van der Waals surface area contributed by atoms with E-state index in [9.17, 15) is 5.11 Å². The predicted octanol–water partition coefficient (Wildman–Crippen LogP) is 7.18. The third-order valence-corrected chi connectivity index (χ3v) is 6.23. The Balaban J connectivity index is 2.07. The summed E-state index contributed by atoms with van der Waals surface area (Å²) in [5, 5.41) is 14.8. The van der Waals surface area contributed by atoms with Gasteiger partial charge < -0.3 is 14.7 Å². The molecule has 4 aromatic rings. The minimum absolute atomic E-state index is 0.0921. The monoisotopic (exact) mass is 453 g/mol. The molecule has 0 saturated carbocycles. The third-order valence-electron chi connectivity index (χ3n) is 5.57. The van der Waals surface area contributed by atoms with Gasteiger partial charge in [-0.25, -0.2) is 0 Å². The molecule has 0 atom stereocenters. The van der Waals surface area contributed by atoms with Gasteiger partial charge in [0, 0.05) is 11.9 Å². The minimum Gasteiger partial charge on any atom is -0.505 e. The lowest BCUT2D eigenvalue weighted by molar-refractivity contribution is 0.261. The highest BCUT2D eigenvalue weighted by Crippen LogP contribution is 2.47. The number of aromatic hydroxyl groups is 1. The number of likely N-dealkylation sites (N-methyl/N-ethyl adjacent to an activating group) is 1. The molecule has 0 aromatic heterocycles. The van der Waals surface area contributed by atoms with Crippen molar-refractivity contribution in [1.29, 1.82) is 0 Å². The van der Waals surface area contributed by atoms with Crippen molar-refractivity contribution in [1.82, 2.24) is 4.90 Å². The summed E-state index contributed by atoms with van der Waals surface area (Å²) in [5.41, 5.74) is 3.44. The molecule has 31 heavy (non-hydrogen) atoms. The van der Waals surface area contributed by atoms with Gasteiger partial charge in [-0.2, -0.15) is 0 Å². The van der Waals surface area contributed by atoms with Crippen LogP contribution in [0.4, 0.5) is 0 Å². The first-order valence-electron chi connectivity index (χ1n) is 10.3. The SMILES string of the molecule is CCc1c(-c2ccccc2)c2ccc(OCCN(C)C)cc2c2c(Cl)c(O)c(Cl)cc12. The van der Waals surface area contributed by atoms with Crippen molar-refractivity contribution < 1.29 is 9.84 Å². The van der Waals surface area contributed by atoms with Crippen LogP contribution in [0.2, 0.25) is 10.0 Å². The summed E-state index contributed by atoms with van der Waals surface area (Å²) in [6.07, 6.45) is 0.801. The van der Waals surface area contributed by atoms with Gasteiger partial charge in [-0.1, -0.05) is 66.5 Å². The van der Waals surface area contributed by atoms with E-state index in [1.54, 1.807) is 0 Å². The molecule has 4 rings (SSSR count). The first-order valence-corrected chi connectivity index (χ1v) is 11.1. The molecule has 0 fully saturated rings. The van der Waals surface area contributed by atoms with Crippen molar-refractivity contribution in [2.45, 2.75) is 13.3 Å². The molecule has 0 aliphatic carbocycles. The van der Waals surface area contributed by atoms with E-state index in [1.165, 1.54) is 0 Å². The Kier molecular flexibility index (Phi) is 6.29. The van der Waals surface area contributed by atoms with Gasteiger partial charge >= 0.3 is 0 Å². The normalized spacial score (nSPS) is 11.5. The van der Waals surface area contributed by atoms with E-state index in [1.807, 2.05) is 50.5 Å². The quantitative estimate of drug-likeness (QED) is 0.314. The molecule has 0 heterocycles. The van der Waals surface area contributed by atoms with E-state index >= 15 is 0 Å². The summed E-state index contributed by atoms with van der Waals surface area (Å²) in [4.78, 5) is 2.08. The smallest absolute Gasteiger partial charge is 0.153 e.